The van der Waals surface area contributed by atoms with Crippen LogP contribution in [0.5, 0.6) is 0 Å². The highest BCUT2D eigenvalue weighted by molar-refractivity contribution is 6.17. The predicted octanol–water partition coefficient (Wildman–Crippen LogP) is 1.91. The summed E-state index contributed by atoms with van der Waals surface area (Å²) in [5.41, 5.74) is 1.51. The number of alkyl halides is 1. The van der Waals surface area contributed by atoms with Crippen LogP contribution in [-0.4, -0.2) is 32.9 Å². The number of nitrogens with zero attached hydrogens (tertiary/aromatic N) is 3. The smallest absolute Gasteiger partial charge is 0.242 e. The van der Waals surface area contributed by atoms with Gasteiger partial charge >= 0.3 is 0 Å². The standard InChI is InChI=1S/C13H17ClN4O/c1-3-15-13(19)9(2)18-11(6-7-14)17-10-5-4-8-16-12(10)18/h4-5,8-9H,3,6-7H2,1-2H3,(H,15,19). The molecule has 0 saturated heterocycles. The highest BCUT2D eigenvalue weighted by atomic mass is 35.5. The van der Waals surface area contributed by atoms with Gasteiger partial charge in [0, 0.05) is 25.0 Å². The van der Waals surface area contributed by atoms with Crippen LogP contribution < -0.4 is 5.32 Å². The molecule has 1 amide bonds. The van der Waals surface area contributed by atoms with Gasteiger partial charge in [0.05, 0.1) is 0 Å². The molecule has 5 nitrogen and oxygen atoms in total. The first-order valence-electron chi connectivity index (χ1n) is 6.34. The molecule has 0 fully saturated rings. The van der Waals surface area contributed by atoms with E-state index < -0.39 is 0 Å². The normalized spacial score (nSPS) is 12.6. The number of halogens is 1. The zero-order valence-corrected chi connectivity index (χ0v) is 11.8. The maximum Gasteiger partial charge on any atom is 0.242 e. The van der Waals surface area contributed by atoms with Gasteiger partial charge in [-0.25, -0.2) is 9.97 Å². The Morgan fingerprint density at radius 1 is 1.58 bits per heavy atom. The molecule has 2 heterocycles. The fourth-order valence-electron chi connectivity index (χ4n) is 2.08. The Balaban J connectivity index is 2.49. The molecule has 1 atom stereocenters. The van der Waals surface area contributed by atoms with Crippen molar-refractivity contribution in [3.8, 4) is 0 Å². The van der Waals surface area contributed by atoms with E-state index in [2.05, 4.69) is 15.3 Å². The minimum atomic E-state index is -0.349. The number of carbonyl (C=O) groups excluding carboxylic acids is 1. The van der Waals surface area contributed by atoms with E-state index in [1.807, 2.05) is 30.5 Å². The molecule has 0 aliphatic carbocycles. The van der Waals surface area contributed by atoms with Crippen LogP contribution in [0.25, 0.3) is 11.2 Å². The van der Waals surface area contributed by atoms with E-state index in [0.29, 0.717) is 18.8 Å². The molecular formula is C13H17ClN4O. The molecule has 102 valence electrons. The zero-order valence-electron chi connectivity index (χ0n) is 11.1. The number of fused-ring (bicyclic) bond motifs is 1. The van der Waals surface area contributed by atoms with Crippen LogP contribution in [0.15, 0.2) is 18.3 Å². The SMILES string of the molecule is CCNC(=O)C(C)n1c(CCCl)nc2cccnc21. The molecule has 2 aromatic heterocycles. The summed E-state index contributed by atoms with van der Waals surface area (Å²) < 4.78 is 1.86. The largest absolute Gasteiger partial charge is 0.355 e. The molecule has 2 aromatic rings. The number of amides is 1. The Labute approximate surface area is 117 Å². The lowest BCUT2D eigenvalue weighted by atomic mass is 10.3. The van der Waals surface area contributed by atoms with Crippen molar-refractivity contribution < 1.29 is 4.79 Å². The number of hydrogen-bond donors (Lipinski definition) is 1. The zero-order chi connectivity index (χ0) is 13.8. The van der Waals surface area contributed by atoms with Gasteiger partial charge in [0.25, 0.3) is 0 Å². The number of carbonyl (C=O) groups is 1. The first kappa shape index (κ1) is 13.8. The maximum atomic E-state index is 12.0. The van der Waals surface area contributed by atoms with Crippen molar-refractivity contribution in [1.29, 1.82) is 0 Å². The molecule has 1 N–H and O–H groups in total. The molecule has 19 heavy (non-hydrogen) atoms. The second-order valence-corrected chi connectivity index (χ2v) is 4.63. The Morgan fingerprint density at radius 2 is 2.37 bits per heavy atom. The summed E-state index contributed by atoms with van der Waals surface area (Å²) in [7, 11) is 0. The number of aromatic nitrogens is 3. The van der Waals surface area contributed by atoms with E-state index in [1.165, 1.54) is 0 Å². The number of likely N-dealkylation sites (N-methyl/N-ethyl adjacent to an activating group) is 1. The van der Waals surface area contributed by atoms with Gasteiger partial charge in [-0.1, -0.05) is 0 Å². The van der Waals surface area contributed by atoms with Crippen molar-refractivity contribution >= 4 is 28.7 Å². The number of hydrogen-bond acceptors (Lipinski definition) is 3. The van der Waals surface area contributed by atoms with E-state index >= 15 is 0 Å². The fourth-order valence-corrected chi connectivity index (χ4v) is 2.25. The molecule has 0 aromatic carbocycles. The monoisotopic (exact) mass is 280 g/mol. The summed E-state index contributed by atoms with van der Waals surface area (Å²) in [6.07, 6.45) is 2.32. The van der Waals surface area contributed by atoms with Crippen LogP contribution in [0, 0.1) is 0 Å². The summed E-state index contributed by atoms with van der Waals surface area (Å²) in [4.78, 5) is 20.8. The van der Waals surface area contributed by atoms with Crippen molar-refractivity contribution in [2.45, 2.75) is 26.3 Å². The van der Waals surface area contributed by atoms with Gasteiger partial charge in [0.2, 0.25) is 5.91 Å². The predicted molar refractivity (Wildman–Crippen MR) is 75.3 cm³/mol. The van der Waals surface area contributed by atoms with Crippen molar-refractivity contribution in [3.05, 3.63) is 24.2 Å². The van der Waals surface area contributed by atoms with E-state index in [4.69, 9.17) is 11.6 Å². The van der Waals surface area contributed by atoms with Crippen molar-refractivity contribution in [3.63, 3.8) is 0 Å². The third kappa shape index (κ3) is 2.71. The topological polar surface area (TPSA) is 59.8 Å². The van der Waals surface area contributed by atoms with Gasteiger partial charge in [-0.2, -0.15) is 0 Å². The summed E-state index contributed by atoms with van der Waals surface area (Å²) in [6, 6.07) is 3.38. The maximum absolute atomic E-state index is 12.0. The molecule has 0 bridgehead atoms. The average Bonchev–Trinajstić information content (AvgIpc) is 2.76. The lowest BCUT2D eigenvalue weighted by Gasteiger charge is -2.16. The second-order valence-electron chi connectivity index (χ2n) is 4.25. The lowest BCUT2D eigenvalue weighted by molar-refractivity contribution is -0.123. The highest BCUT2D eigenvalue weighted by Gasteiger charge is 2.21. The van der Waals surface area contributed by atoms with Gasteiger partial charge in [-0.05, 0) is 26.0 Å². The van der Waals surface area contributed by atoms with Crippen molar-refractivity contribution in [2.75, 3.05) is 12.4 Å². The average molecular weight is 281 g/mol. The van der Waals surface area contributed by atoms with E-state index in [0.717, 1.165) is 17.0 Å². The summed E-state index contributed by atoms with van der Waals surface area (Å²) in [5, 5.41) is 2.82. The summed E-state index contributed by atoms with van der Waals surface area (Å²) >= 11 is 5.81. The molecule has 0 aliphatic heterocycles. The van der Waals surface area contributed by atoms with Gasteiger partial charge in [-0.3, -0.25) is 4.79 Å². The molecule has 0 saturated carbocycles. The van der Waals surface area contributed by atoms with Gasteiger partial charge in [0.1, 0.15) is 17.4 Å². The van der Waals surface area contributed by atoms with Crippen LogP contribution in [0.3, 0.4) is 0 Å². The minimum Gasteiger partial charge on any atom is -0.355 e. The Kier molecular flexibility index (Phi) is 4.37. The second kappa shape index (κ2) is 6.02. The van der Waals surface area contributed by atoms with Crippen LogP contribution in [0.1, 0.15) is 25.7 Å². The number of aryl methyl sites for hydroxylation is 1. The number of nitrogens with one attached hydrogen (secondary N) is 1. The lowest BCUT2D eigenvalue weighted by Crippen LogP contribution is -2.31. The molecule has 1 unspecified atom stereocenters. The molecule has 2 rings (SSSR count). The van der Waals surface area contributed by atoms with Crippen molar-refractivity contribution in [1.82, 2.24) is 19.9 Å². The summed E-state index contributed by atoms with van der Waals surface area (Å²) in [5.74, 6) is 1.22. The highest BCUT2D eigenvalue weighted by Crippen LogP contribution is 2.20. The van der Waals surface area contributed by atoms with Crippen LogP contribution >= 0.6 is 11.6 Å². The number of rotatable bonds is 5. The van der Waals surface area contributed by atoms with E-state index in [9.17, 15) is 4.79 Å². The molecule has 0 spiro atoms. The fraction of sp³-hybridized carbons (Fsp3) is 0.462. The van der Waals surface area contributed by atoms with Gasteiger partial charge in [0.15, 0.2) is 5.65 Å². The third-order valence-electron chi connectivity index (χ3n) is 2.96. The first-order valence-corrected chi connectivity index (χ1v) is 6.88. The first-order chi connectivity index (χ1) is 9.19. The van der Waals surface area contributed by atoms with E-state index in [1.54, 1.807) is 6.20 Å². The molecule has 0 radical (unpaired) electrons. The quantitative estimate of drug-likeness (QED) is 0.851. The van der Waals surface area contributed by atoms with Gasteiger partial charge in [-0.15, -0.1) is 11.6 Å². The number of imidazole rings is 1. The Hall–Kier alpha value is -1.62. The van der Waals surface area contributed by atoms with Gasteiger partial charge < -0.3 is 9.88 Å². The molecule has 0 aliphatic rings. The molecular weight excluding hydrogens is 264 g/mol. The Bertz CT molecular complexity index is 581. The van der Waals surface area contributed by atoms with Crippen molar-refractivity contribution in [2.24, 2.45) is 0 Å². The van der Waals surface area contributed by atoms with Crippen LogP contribution in [-0.2, 0) is 11.2 Å². The van der Waals surface area contributed by atoms with E-state index in [-0.39, 0.29) is 11.9 Å². The third-order valence-corrected chi connectivity index (χ3v) is 3.15. The Morgan fingerprint density at radius 3 is 3.05 bits per heavy atom. The van der Waals surface area contributed by atoms with Crippen LogP contribution in [0.4, 0.5) is 0 Å². The minimum absolute atomic E-state index is 0.0386. The van der Waals surface area contributed by atoms with Crippen LogP contribution in [0.2, 0.25) is 0 Å². The number of pyridine rings is 1. The summed E-state index contributed by atoms with van der Waals surface area (Å²) in [6.45, 7) is 4.35. The molecule has 6 heteroatoms.